The Labute approximate surface area is 217 Å². The van der Waals surface area contributed by atoms with Gasteiger partial charge in [0.1, 0.15) is 13.2 Å². The molecule has 2 heterocycles. The fourth-order valence-corrected chi connectivity index (χ4v) is 5.20. The molecular formula is C25H24Cl2N2O5S. The van der Waals surface area contributed by atoms with Crippen LogP contribution in [0.3, 0.4) is 0 Å². The average Bonchev–Trinajstić information content (AvgIpc) is 3.11. The van der Waals surface area contributed by atoms with Gasteiger partial charge in [-0.1, -0.05) is 41.4 Å². The number of halogens is 2. The van der Waals surface area contributed by atoms with Crippen LogP contribution in [0.1, 0.15) is 30.4 Å². The fourth-order valence-electron chi connectivity index (χ4n) is 3.91. The third-order valence-corrected chi connectivity index (χ3v) is 7.27. The zero-order chi connectivity index (χ0) is 24.9. The fraction of sp³-hybridized carbons (Fsp3) is 0.320. The molecule has 0 spiro atoms. The largest absolute Gasteiger partial charge is 0.493 e. The number of methoxy groups -OCH3 is 1. The van der Waals surface area contributed by atoms with Crippen molar-refractivity contribution in [2.24, 2.45) is 0 Å². The monoisotopic (exact) mass is 534 g/mol. The number of benzene rings is 2. The molecule has 0 aliphatic carbocycles. The number of ether oxygens (including phenoxy) is 2. The molecule has 0 bridgehead atoms. The van der Waals surface area contributed by atoms with Crippen LogP contribution in [0.25, 0.3) is 6.08 Å². The molecule has 184 valence electrons. The van der Waals surface area contributed by atoms with Crippen LogP contribution >= 0.6 is 35.0 Å². The third kappa shape index (κ3) is 5.94. The Morgan fingerprint density at radius 1 is 1.11 bits per heavy atom. The first-order valence-electron chi connectivity index (χ1n) is 11.1. The summed E-state index contributed by atoms with van der Waals surface area (Å²) in [5, 5.41) is 0.518. The Morgan fingerprint density at radius 2 is 1.89 bits per heavy atom. The van der Waals surface area contributed by atoms with E-state index in [0.29, 0.717) is 40.2 Å². The Balaban J connectivity index is 1.54. The van der Waals surface area contributed by atoms with E-state index >= 15 is 0 Å². The van der Waals surface area contributed by atoms with E-state index in [4.69, 9.17) is 32.7 Å². The highest BCUT2D eigenvalue weighted by atomic mass is 35.5. The maximum absolute atomic E-state index is 13.0. The molecule has 2 aromatic rings. The number of likely N-dealkylation sites (tertiary alicyclic amines) is 1. The average molecular weight is 535 g/mol. The molecule has 0 saturated carbocycles. The highest BCUT2D eigenvalue weighted by Gasteiger charge is 2.37. The first kappa shape index (κ1) is 25.4. The summed E-state index contributed by atoms with van der Waals surface area (Å²) in [6.45, 7) is 1.21. The van der Waals surface area contributed by atoms with Crippen LogP contribution in [0.5, 0.6) is 11.5 Å². The molecule has 0 aromatic heterocycles. The van der Waals surface area contributed by atoms with E-state index in [1.807, 2.05) is 0 Å². The first-order chi connectivity index (χ1) is 16.9. The molecule has 10 heteroatoms. The number of nitrogens with zero attached hydrogens (tertiary/aromatic N) is 2. The molecule has 0 unspecified atom stereocenters. The Bertz CT molecular complexity index is 1180. The second-order valence-corrected chi connectivity index (χ2v) is 9.95. The molecule has 2 saturated heterocycles. The third-order valence-electron chi connectivity index (χ3n) is 5.78. The van der Waals surface area contributed by atoms with Crippen molar-refractivity contribution in [2.75, 3.05) is 26.7 Å². The highest BCUT2D eigenvalue weighted by Crippen LogP contribution is 2.38. The molecule has 0 radical (unpaired) electrons. The number of amides is 3. The van der Waals surface area contributed by atoms with Crippen molar-refractivity contribution in [2.45, 2.75) is 25.9 Å². The van der Waals surface area contributed by atoms with Crippen LogP contribution in [-0.4, -0.2) is 53.6 Å². The first-order valence-corrected chi connectivity index (χ1v) is 12.7. The van der Waals surface area contributed by atoms with E-state index in [1.54, 1.807) is 47.4 Å². The lowest BCUT2D eigenvalue weighted by Crippen LogP contribution is -2.44. The van der Waals surface area contributed by atoms with Gasteiger partial charge in [-0.25, -0.2) is 0 Å². The SMILES string of the molecule is COc1cccc(/C=C2/SC(=O)N(CC(=O)N3CCCCC3)C2=O)c1OCc1ccc(Cl)cc1Cl. The molecule has 2 aromatic carbocycles. The summed E-state index contributed by atoms with van der Waals surface area (Å²) in [6.07, 6.45) is 4.54. The summed E-state index contributed by atoms with van der Waals surface area (Å²) in [4.78, 5) is 41.1. The smallest absolute Gasteiger partial charge is 0.294 e. The number of carbonyl (C=O) groups is 3. The van der Waals surface area contributed by atoms with Gasteiger partial charge in [0, 0.05) is 34.3 Å². The second-order valence-electron chi connectivity index (χ2n) is 8.11. The zero-order valence-corrected chi connectivity index (χ0v) is 21.4. The maximum atomic E-state index is 13.0. The standard InChI is InChI=1S/C25H24Cl2N2O5S/c1-33-20-7-5-6-16(23(20)34-15-17-8-9-18(26)13-19(17)27)12-21-24(31)29(25(32)35-21)14-22(30)28-10-3-2-4-11-28/h5-9,12-13H,2-4,10-11,14-15H2,1H3/b21-12+. The van der Waals surface area contributed by atoms with Crippen LogP contribution in [0.4, 0.5) is 4.79 Å². The van der Waals surface area contributed by atoms with E-state index in [-0.39, 0.29) is 24.0 Å². The van der Waals surface area contributed by atoms with Gasteiger partial charge >= 0.3 is 0 Å². The predicted octanol–water partition coefficient (Wildman–Crippen LogP) is 5.63. The van der Waals surface area contributed by atoms with Gasteiger partial charge in [-0.3, -0.25) is 19.3 Å². The molecule has 7 nitrogen and oxygen atoms in total. The number of thioether (sulfide) groups is 1. The van der Waals surface area contributed by atoms with Crippen molar-refractivity contribution in [3.8, 4) is 11.5 Å². The minimum absolute atomic E-state index is 0.142. The predicted molar refractivity (Wildman–Crippen MR) is 137 cm³/mol. The Kier molecular flexibility index (Phi) is 8.26. The maximum Gasteiger partial charge on any atom is 0.294 e. The van der Waals surface area contributed by atoms with Crippen molar-refractivity contribution < 1.29 is 23.9 Å². The van der Waals surface area contributed by atoms with Crippen molar-refractivity contribution in [3.63, 3.8) is 0 Å². The molecule has 4 rings (SSSR count). The zero-order valence-electron chi connectivity index (χ0n) is 19.1. The van der Waals surface area contributed by atoms with Crippen LogP contribution in [-0.2, 0) is 16.2 Å². The van der Waals surface area contributed by atoms with Crippen molar-refractivity contribution >= 4 is 58.1 Å². The number of hydrogen-bond donors (Lipinski definition) is 0. The number of imide groups is 1. The molecule has 2 fully saturated rings. The van der Waals surface area contributed by atoms with Crippen molar-refractivity contribution in [3.05, 3.63) is 62.5 Å². The van der Waals surface area contributed by atoms with Crippen molar-refractivity contribution in [1.82, 2.24) is 9.80 Å². The highest BCUT2D eigenvalue weighted by molar-refractivity contribution is 8.18. The lowest BCUT2D eigenvalue weighted by molar-refractivity contribution is -0.136. The summed E-state index contributed by atoms with van der Waals surface area (Å²) in [5.41, 5.74) is 1.28. The van der Waals surface area contributed by atoms with Gasteiger partial charge in [-0.05, 0) is 55.3 Å². The second kappa shape index (κ2) is 11.4. The molecule has 2 aliphatic heterocycles. The van der Waals surface area contributed by atoms with E-state index < -0.39 is 11.1 Å². The van der Waals surface area contributed by atoms with Gasteiger partial charge < -0.3 is 14.4 Å². The van der Waals surface area contributed by atoms with Gasteiger partial charge in [-0.2, -0.15) is 0 Å². The van der Waals surface area contributed by atoms with E-state index in [0.717, 1.165) is 41.5 Å². The normalized spacial score (nSPS) is 17.3. The molecule has 35 heavy (non-hydrogen) atoms. The summed E-state index contributed by atoms with van der Waals surface area (Å²) >= 11 is 13.0. The topological polar surface area (TPSA) is 76.2 Å². The number of carbonyl (C=O) groups excluding carboxylic acids is 3. The van der Waals surface area contributed by atoms with E-state index in [1.165, 1.54) is 7.11 Å². The molecule has 2 aliphatic rings. The molecule has 0 N–H and O–H groups in total. The summed E-state index contributed by atoms with van der Waals surface area (Å²) in [6, 6.07) is 10.4. The van der Waals surface area contributed by atoms with Crippen LogP contribution in [0, 0.1) is 0 Å². The minimum Gasteiger partial charge on any atom is -0.493 e. The lowest BCUT2D eigenvalue weighted by atomic mass is 10.1. The minimum atomic E-state index is -0.500. The number of hydrogen-bond acceptors (Lipinski definition) is 6. The van der Waals surface area contributed by atoms with E-state index in [2.05, 4.69) is 0 Å². The Morgan fingerprint density at radius 3 is 2.60 bits per heavy atom. The van der Waals surface area contributed by atoms with E-state index in [9.17, 15) is 14.4 Å². The summed E-state index contributed by atoms with van der Waals surface area (Å²) in [7, 11) is 1.52. The quantitative estimate of drug-likeness (QED) is 0.428. The lowest BCUT2D eigenvalue weighted by Gasteiger charge is -2.27. The van der Waals surface area contributed by atoms with Crippen LogP contribution < -0.4 is 9.47 Å². The Hall–Kier alpha value is -2.68. The summed E-state index contributed by atoms with van der Waals surface area (Å²) in [5.74, 6) is 0.152. The van der Waals surface area contributed by atoms with Gasteiger partial charge in [0.2, 0.25) is 5.91 Å². The number of rotatable bonds is 7. The van der Waals surface area contributed by atoms with Gasteiger partial charge in [0.25, 0.3) is 11.1 Å². The number of para-hydroxylation sites is 1. The molecular weight excluding hydrogens is 511 g/mol. The number of piperidine rings is 1. The van der Waals surface area contributed by atoms with Gasteiger partial charge in [-0.15, -0.1) is 0 Å². The molecule has 3 amide bonds. The van der Waals surface area contributed by atoms with Gasteiger partial charge in [0.05, 0.1) is 12.0 Å². The molecule has 0 atom stereocenters. The van der Waals surface area contributed by atoms with Crippen molar-refractivity contribution in [1.29, 1.82) is 0 Å². The summed E-state index contributed by atoms with van der Waals surface area (Å²) < 4.78 is 11.5. The van der Waals surface area contributed by atoms with Crippen LogP contribution in [0.15, 0.2) is 41.3 Å². The van der Waals surface area contributed by atoms with Crippen LogP contribution in [0.2, 0.25) is 10.0 Å². The van der Waals surface area contributed by atoms with Gasteiger partial charge in [0.15, 0.2) is 11.5 Å².